The van der Waals surface area contributed by atoms with Crippen molar-refractivity contribution in [3.05, 3.63) is 35.5 Å². The van der Waals surface area contributed by atoms with Crippen LogP contribution >= 0.6 is 0 Å². The van der Waals surface area contributed by atoms with Gasteiger partial charge in [0, 0.05) is 17.0 Å². The zero-order valence-electron chi connectivity index (χ0n) is 9.03. The maximum absolute atomic E-state index is 8.29. The number of nitrogens with one attached hydrogen (secondary N) is 1. The van der Waals surface area contributed by atoms with E-state index >= 15 is 0 Å². The molecule has 1 heterocycles. The topological polar surface area (TPSA) is 36.7 Å². The second-order valence-electron chi connectivity index (χ2n) is 5.11. The quantitative estimate of drug-likeness (QED) is 0.656. The van der Waals surface area contributed by atoms with Crippen LogP contribution in [-0.2, 0) is 6.42 Å². The fraction of sp³-hybridized carbons (Fsp3) is 0.357. The molecule has 0 aliphatic heterocycles. The Morgan fingerprint density at radius 2 is 2.00 bits per heavy atom. The molecule has 2 heteroatoms. The molecule has 0 spiro atoms. The molecule has 1 aromatic carbocycles. The number of para-hydroxylation sites is 1. The van der Waals surface area contributed by atoms with Crippen molar-refractivity contribution >= 4 is 16.6 Å². The highest BCUT2D eigenvalue weighted by molar-refractivity contribution is 5.91. The average Bonchev–Trinajstić information content (AvgIpc) is 2.27. The summed E-state index contributed by atoms with van der Waals surface area (Å²) < 4.78 is 0. The van der Waals surface area contributed by atoms with Gasteiger partial charge in [0.15, 0.2) is 0 Å². The van der Waals surface area contributed by atoms with Gasteiger partial charge in [0.25, 0.3) is 0 Å². The van der Waals surface area contributed by atoms with Gasteiger partial charge in [-0.05, 0) is 36.8 Å². The van der Waals surface area contributed by atoms with Gasteiger partial charge < -0.3 is 0 Å². The molecule has 1 N–H and O–H groups in total. The van der Waals surface area contributed by atoms with Crippen LogP contribution < -0.4 is 5.73 Å². The standard InChI is InChI=1S/C14H13N2/c15-13-10-3-1-2-4-12(10)16-14-9-5-8(6-9)7-11(13)14/h1-4,8-9,15H,5-7H2. The van der Waals surface area contributed by atoms with Crippen LogP contribution in [0.1, 0.15) is 30.0 Å². The summed E-state index contributed by atoms with van der Waals surface area (Å²) >= 11 is 0. The Kier molecular flexibility index (Phi) is 1.48. The van der Waals surface area contributed by atoms with Gasteiger partial charge >= 0.3 is 0 Å². The third-order valence-electron chi connectivity index (χ3n) is 4.14. The summed E-state index contributed by atoms with van der Waals surface area (Å²) in [6.07, 6.45) is 3.69. The molecule has 2 aromatic rings. The minimum atomic E-state index is 0.655. The van der Waals surface area contributed by atoms with E-state index in [-0.39, 0.29) is 0 Å². The molecule has 0 atom stereocenters. The van der Waals surface area contributed by atoms with E-state index in [1.807, 2.05) is 24.3 Å². The first-order chi connectivity index (χ1) is 7.83. The van der Waals surface area contributed by atoms with Gasteiger partial charge in [0.05, 0.1) is 11.2 Å². The molecule has 2 bridgehead atoms. The van der Waals surface area contributed by atoms with E-state index < -0.39 is 0 Å². The Hall–Kier alpha value is -1.57. The molecule has 0 amide bonds. The van der Waals surface area contributed by atoms with Crippen LogP contribution in [0.3, 0.4) is 0 Å². The molecular weight excluding hydrogens is 196 g/mol. The largest absolute Gasteiger partial charge is 0.300 e. The van der Waals surface area contributed by atoms with Crippen LogP contribution in [0.5, 0.6) is 0 Å². The van der Waals surface area contributed by atoms with Gasteiger partial charge in [-0.3, -0.25) is 10.7 Å². The van der Waals surface area contributed by atoms with E-state index in [9.17, 15) is 0 Å². The summed E-state index contributed by atoms with van der Waals surface area (Å²) in [5.41, 5.74) is 12.5. The SMILES string of the molecule is [NH]c1c2c(nc3ccccc13)C1CC(C2)C1. The zero-order valence-corrected chi connectivity index (χ0v) is 9.03. The fourth-order valence-electron chi connectivity index (χ4n) is 3.23. The lowest BCUT2D eigenvalue weighted by atomic mass is 9.64. The van der Waals surface area contributed by atoms with Crippen LogP contribution in [0.4, 0.5) is 5.69 Å². The predicted molar refractivity (Wildman–Crippen MR) is 63.7 cm³/mol. The van der Waals surface area contributed by atoms with E-state index in [0.29, 0.717) is 5.92 Å². The molecule has 3 aliphatic rings. The van der Waals surface area contributed by atoms with Gasteiger partial charge in [-0.1, -0.05) is 18.2 Å². The Bertz CT molecular complexity index is 583. The molecule has 1 fully saturated rings. The first-order valence-corrected chi connectivity index (χ1v) is 5.96. The highest BCUT2D eigenvalue weighted by Crippen LogP contribution is 2.51. The van der Waals surface area contributed by atoms with Gasteiger partial charge in [0.2, 0.25) is 0 Å². The van der Waals surface area contributed by atoms with Crippen LogP contribution in [0.25, 0.3) is 10.9 Å². The van der Waals surface area contributed by atoms with Crippen LogP contribution in [0, 0.1) is 5.92 Å². The zero-order chi connectivity index (χ0) is 10.7. The molecular formula is C14H13N2. The minimum absolute atomic E-state index is 0.655. The first-order valence-electron chi connectivity index (χ1n) is 5.96. The Balaban J connectivity index is 2.08. The monoisotopic (exact) mass is 209 g/mol. The number of nitrogens with zero attached hydrogens (tertiary/aromatic N) is 1. The van der Waals surface area contributed by atoms with E-state index in [2.05, 4.69) is 0 Å². The lowest BCUT2D eigenvalue weighted by Gasteiger charge is -2.42. The number of rotatable bonds is 0. The maximum atomic E-state index is 8.29. The lowest BCUT2D eigenvalue weighted by molar-refractivity contribution is 0.233. The summed E-state index contributed by atoms with van der Waals surface area (Å²) in [7, 11) is 0. The predicted octanol–water partition coefficient (Wildman–Crippen LogP) is 3.20. The second-order valence-corrected chi connectivity index (χ2v) is 5.11. The Labute approximate surface area is 94.5 Å². The number of aromatic nitrogens is 1. The third kappa shape index (κ3) is 0.946. The number of benzene rings is 1. The number of hydrogen-bond donors (Lipinski definition) is 0. The molecule has 1 saturated carbocycles. The lowest BCUT2D eigenvalue weighted by Crippen LogP contribution is -2.31. The van der Waals surface area contributed by atoms with Crippen molar-refractivity contribution < 1.29 is 0 Å². The summed E-state index contributed by atoms with van der Waals surface area (Å²) in [5, 5.41) is 1.02. The molecule has 79 valence electrons. The summed E-state index contributed by atoms with van der Waals surface area (Å²) in [5.74, 6) is 1.49. The summed E-state index contributed by atoms with van der Waals surface area (Å²) in [4.78, 5) is 4.78. The number of hydrogen-bond acceptors (Lipinski definition) is 1. The van der Waals surface area contributed by atoms with Crippen molar-refractivity contribution in [2.24, 2.45) is 5.92 Å². The van der Waals surface area contributed by atoms with Crippen molar-refractivity contribution in [3.8, 4) is 0 Å². The molecule has 1 aromatic heterocycles. The fourth-order valence-corrected chi connectivity index (χ4v) is 3.23. The normalized spacial score (nSPS) is 26.2. The highest BCUT2D eigenvalue weighted by Gasteiger charge is 2.39. The molecule has 5 rings (SSSR count). The molecule has 0 unspecified atom stereocenters. The van der Waals surface area contributed by atoms with Gasteiger partial charge in [0.1, 0.15) is 0 Å². The van der Waals surface area contributed by atoms with Crippen LogP contribution in [0.15, 0.2) is 24.3 Å². The van der Waals surface area contributed by atoms with Crippen molar-refractivity contribution in [2.45, 2.75) is 25.2 Å². The molecule has 2 nitrogen and oxygen atoms in total. The van der Waals surface area contributed by atoms with Crippen molar-refractivity contribution in [2.75, 3.05) is 0 Å². The molecule has 16 heavy (non-hydrogen) atoms. The first kappa shape index (κ1) is 8.57. The van der Waals surface area contributed by atoms with Gasteiger partial charge in [-0.25, -0.2) is 0 Å². The van der Waals surface area contributed by atoms with Crippen LogP contribution in [0.2, 0.25) is 0 Å². The van der Waals surface area contributed by atoms with E-state index in [4.69, 9.17) is 10.7 Å². The smallest absolute Gasteiger partial charge is 0.0727 e. The Morgan fingerprint density at radius 1 is 1.19 bits per heavy atom. The summed E-state index contributed by atoms with van der Waals surface area (Å²) in [6.45, 7) is 0. The van der Waals surface area contributed by atoms with Crippen molar-refractivity contribution in [1.29, 1.82) is 0 Å². The van der Waals surface area contributed by atoms with E-state index in [1.165, 1.54) is 24.1 Å². The highest BCUT2D eigenvalue weighted by atomic mass is 14.8. The minimum Gasteiger partial charge on any atom is -0.300 e. The summed E-state index contributed by atoms with van der Waals surface area (Å²) in [6, 6.07) is 8.05. The van der Waals surface area contributed by atoms with Gasteiger partial charge in [-0.2, -0.15) is 0 Å². The van der Waals surface area contributed by atoms with E-state index in [0.717, 1.165) is 28.9 Å². The van der Waals surface area contributed by atoms with Gasteiger partial charge in [-0.15, -0.1) is 0 Å². The second kappa shape index (κ2) is 2.76. The van der Waals surface area contributed by atoms with Crippen LogP contribution in [-0.4, -0.2) is 4.98 Å². The Morgan fingerprint density at radius 3 is 2.88 bits per heavy atom. The van der Waals surface area contributed by atoms with Crippen molar-refractivity contribution in [3.63, 3.8) is 0 Å². The molecule has 0 saturated heterocycles. The average molecular weight is 209 g/mol. The van der Waals surface area contributed by atoms with E-state index in [1.54, 1.807) is 0 Å². The molecule has 1 radical (unpaired) electrons. The van der Waals surface area contributed by atoms with Crippen molar-refractivity contribution in [1.82, 2.24) is 10.7 Å². The third-order valence-corrected chi connectivity index (χ3v) is 4.14. The number of pyridine rings is 1. The molecule has 3 aliphatic carbocycles. The maximum Gasteiger partial charge on any atom is 0.0727 e. The number of fused-ring (bicyclic) bond motifs is 1.